The number of rotatable bonds is 8. The summed E-state index contributed by atoms with van der Waals surface area (Å²) in [5.41, 5.74) is 0.892. The van der Waals surface area contributed by atoms with E-state index in [-0.39, 0.29) is 13.2 Å². The van der Waals surface area contributed by atoms with E-state index in [0.29, 0.717) is 0 Å². The van der Waals surface area contributed by atoms with Gasteiger partial charge in [0.05, 0.1) is 13.2 Å². The fourth-order valence-electron chi connectivity index (χ4n) is 1.80. The predicted octanol–water partition coefficient (Wildman–Crippen LogP) is 3.04. The van der Waals surface area contributed by atoms with Crippen LogP contribution in [0.4, 0.5) is 13.2 Å². The van der Waals surface area contributed by atoms with Crippen LogP contribution < -0.4 is 0 Å². The fourth-order valence-corrected chi connectivity index (χ4v) is 1.80. The van der Waals surface area contributed by atoms with Gasteiger partial charge in [0.1, 0.15) is 5.92 Å². The Bertz CT molecular complexity index is 485. The van der Waals surface area contributed by atoms with Crippen LogP contribution in [0.1, 0.15) is 5.56 Å². The minimum absolute atomic E-state index is 0.0580. The molecule has 1 rings (SSSR count). The first-order chi connectivity index (χ1) is 10.4. The SMILES string of the molecule is CO[C@H](C(=O)O)[C@@H](/C=C/COCc1ccccc1)C(F)(F)F. The molecular weight excluding hydrogens is 301 g/mol. The van der Waals surface area contributed by atoms with E-state index in [0.717, 1.165) is 24.8 Å². The molecule has 0 heterocycles. The van der Waals surface area contributed by atoms with Gasteiger partial charge in [0.25, 0.3) is 0 Å². The van der Waals surface area contributed by atoms with Gasteiger partial charge in [-0.1, -0.05) is 42.5 Å². The zero-order valence-corrected chi connectivity index (χ0v) is 11.9. The van der Waals surface area contributed by atoms with Crippen molar-refractivity contribution in [1.29, 1.82) is 0 Å². The molecule has 2 atom stereocenters. The van der Waals surface area contributed by atoms with Crippen molar-refractivity contribution in [2.75, 3.05) is 13.7 Å². The lowest BCUT2D eigenvalue weighted by molar-refractivity contribution is -0.198. The predicted molar refractivity (Wildman–Crippen MR) is 73.2 cm³/mol. The number of benzene rings is 1. The third-order valence-corrected chi connectivity index (χ3v) is 2.87. The average molecular weight is 318 g/mol. The first-order valence-corrected chi connectivity index (χ1v) is 6.47. The zero-order valence-electron chi connectivity index (χ0n) is 11.9. The standard InChI is InChI=1S/C15H17F3O4/c1-21-13(14(19)20)12(15(16,17)18)8-5-9-22-10-11-6-3-2-4-7-11/h2-8,12-13H,9-10H2,1H3,(H,19,20)/b8-5+/t12-,13+/m1/s1. The molecule has 0 radical (unpaired) electrons. The van der Waals surface area contributed by atoms with Crippen molar-refractivity contribution in [3.63, 3.8) is 0 Å². The van der Waals surface area contributed by atoms with Crippen molar-refractivity contribution in [1.82, 2.24) is 0 Å². The monoisotopic (exact) mass is 318 g/mol. The maximum absolute atomic E-state index is 12.9. The number of ether oxygens (including phenoxy) is 2. The molecule has 7 heteroatoms. The number of carboxylic acid groups (broad SMARTS) is 1. The first-order valence-electron chi connectivity index (χ1n) is 6.47. The molecule has 0 amide bonds. The Balaban J connectivity index is 2.57. The van der Waals surface area contributed by atoms with E-state index in [1.54, 1.807) is 0 Å². The largest absolute Gasteiger partial charge is 0.479 e. The van der Waals surface area contributed by atoms with Crippen LogP contribution in [-0.2, 0) is 20.9 Å². The van der Waals surface area contributed by atoms with Gasteiger partial charge < -0.3 is 14.6 Å². The summed E-state index contributed by atoms with van der Waals surface area (Å²) in [6.45, 7) is 0.200. The van der Waals surface area contributed by atoms with Gasteiger partial charge in [0.15, 0.2) is 6.10 Å². The summed E-state index contributed by atoms with van der Waals surface area (Å²) < 4.78 is 48.2. The van der Waals surface area contributed by atoms with E-state index in [1.807, 2.05) is 30.3 Å². The minimum atomic E-state index is -4.71. The highest BCUT2D eigenvalue weighted by atomic mass is 19.4. The van der Waals surface area contributed by atoms with E-state index < -0.39 is 24.2 Å². The molecule has 4 nitrogen and oxygen atoms in total. The van der Waals surface area contributed by atoms with Gasteiger partial charge in [-0.25, -0.2) is 4.79 Å². The van der Waals surface area contributed by atoms with Crippen LogP contribution in [0, 0.1) is 5.92 Å². The summed E-state index contributed by atoms with van der Waals surface area (Å²) in [5, 5.41) is 8.77. The molecule has 0 aliphatic heterocycles. The van der Waals surface area contributed by atoms with Crippen molar-refractivity contribution < 1.29 is 32.5 Å². The Labute approximate surface area is 126 Å². The molecular formula is C15H17F3O4. The highest BCUT2D eigenvalue weighted by Gasteiger charge is 2.46. The Kier molecular flexibility index (Phi) is 7.07. The Morgan fingerprint density at radius 2 is 1.95 bits per heavy atom. The molecule has 0 saturated heterocycles. The van der Waals surface area contributed by atoms with Gasteiger partial charge in [0, 0.05) is 7.11 Å². The van der Waals surface area contributed by atoms with Gasteiger partial charge in [-0.05, 0) is 5.56 Å². The van der Waals surface area contributed by atoms with Crippen LogP contribution in [0.25, 0.3) is 0 Å². The van der Waals surface area contributed by atoms with Crippen molar-refractivity contribution in [3.8, 4) is 0 Å². The quantitative estimate of drug-likeness (QED) is 0.591. The van der Waals surface area contributed by atoms with Crippen LogP contribution >= 0.6 is 0 Å². The maximum atomic E-state index is 12.9. The number of hydrogen-bond donors (Lipinski definition) is 1. The molecule has 1 aromatic rings. The molecule has 0 fully saturated rings. The Morgan fingerprint density at radius 3 is 2.45 bits per heavy atom. The molecule has 0 aliphatic rings. The molecule has 122 valence electrons. The number of hydrogen-bond acceptors (Lipinski definition) is 3. The van der Waals surface area contributed by atoms with E-state index in [1.165, 1.54) is 0 Å². The summed E-state index contributed by atoms with van der Waals surface area (Å²) in [6.07, 6.45) is -4.79. The second kappa shape index (κ2) is 8.55. The zero-order chi connectivity index (χ0) is 16.6. The normalized spacial score (nSPS) is 14.9. The van der Waals surface area contributed by atoms with Crippen molar-refractivity contribution in [2.24, 2.45) is 5.92 Å². The number of alkyl halides is 3. The molecule has 0 saturated carbocycles. The molecule has 1 aromatic carbocycles. The lowest BCUT2D eigenvalue weighted by atomic mass is 10.0. The first kappa shape index (κ1) is 18.2. The van der Waals surface area contributed by atoms with E-state index in [2.05, 4.69) is 4.74 Å². The third kappa shape index (κ3) is 5.87. The molecule has 1 N–H and O–H groups in total. The fraction of sp³-hybridized carbons (Fsp3) is 0.400. The number of carbonyl (C=O) groups is 1. The van der Waals surface area contributed by atoms with Gasteiger partial charge in [-0.3, -0.25) is 0 Å². The molecule has 0 bridgehead atoms. The molecule has 22 heavy (non-hydrogen) atoms. The summed E-state index contributed by atoms with van der Waals surface area (Å²) in [5.74, 6) is -3.89. The minimum Gasteiger partial charge on any atom is -0.479 e. The van der Waals surface area contributed by atoms with Crippen LogP contribution in [0.15, 0.2) is 42.5 Å². The van der Waals surface area contributed by atoms with Gasteiger partial charge >= 0.3 is 12.1 Å². The van der Waals surface area contributed by atoms with Crippen molar-refractivity contribution in [2.45, 2.75) is 18.9 Å². The van der Waals surface area contributed by atoms with Crippen molar-refractivity contribution in [3.05, 3.63) is 48.0 Å². The van der Waals surface area contributed by atoms with E-state index in [4.69, 9.17) is 9.84 Å². The average Bonchev–Trinajstić information content (AvgIpc) is 2.45. The van der Waals surface area contributed by atoms with Gasteiger partial charge in [0.2, 0.25) is 0 Å². The Morgan fingerprint density at radius 1 is 1.32 bits per heavy atom. The van der Waals surface area contributed by atoms with Gasteiger partial charge in [-0.2, -0.15) is 13.2 Å². The lowest BCUT2D eigenvalue weighted by Gasteiger charge is -2.22. The van der Waals surface area contributed by atoms with Crippen LogP contribution in [0.3, 0.4) is 0 Å². The van der Waals surface area contributed by atoms with E-state index in [9.17, 15) is 18.0 Å². The highest BCUT2D eigenvalue weighted by Crippen LogP contribution is 2.31. The second-order valence-electron chi connectivity index (χ2n) is 4.49. The number of aliphatic carboxylic acids is 1. The highest BCUT2D eigenvalue weighted by molar-refractivity contribution is 5.73. The Hall–Kier alpha value is -1.86. The topological polar surface area (TPSA) is 55.8 Å². The summed E-state index contributed by atoms with van der Waals surface area (Å²) in [6, 6.07) is 9.14. The van der Waals surface area contributed by atoms with E-state index >= 15 is 0 Å². The summed E-state index contributed by atoms with van der Waals surface area (Å²) >= 11 is 0. The molecule has 0 aromatic heterocycles. The third-order valence-electron chi connectivity index (χ3n) is 2.87. The lowest BCUT2D eigenvalue weighted by Crippen LogP contribution is -2.39. The van der Waals surface area contributed by atoms with Crippen molar-refractivity contribution >= 4 is 5.97 Å². The smallest absolute Gasteiger partial charge is 0.398 e. The van der Waals surface area contributed by atoms with Gasteiger partial charge in [-0.15, -0.1) is 0 Å². The number of carboxylic acids is 1. The van der Waals surface area contributed by atoms with Crippen LogP contribution in [-0.4, -0.2) is 37.1 Å². The molecule has 0 unspecified atom stereocenters. The molecule has 0 spiro atoms. The number of halogens is 3. The van der Waals surface area contributed by atoms with Crippen LogP contribution in [0.2, 0.25) is 0 Å². The van der Waals surface area contributed by atoms with Crippen LogP contribution in [0.5, 0.6) is 0 Å². The molecule has 0 aliphatic carbocycles. The second-order valence-corrected chi connectivity index (χ2v) is 4.49. The summed E-state index contributed by atoms with van der Waals surface area (Å²) in [4.78, 5) is 10.8. The maximum Gasteiger partial charge on any atom is 0.398 e. The number of methoxy groups -OCH3 is 1. The summed E-state index contributed by atoms with van der Waals surface area (Å²) in [7, 11) is 0.928.